The Kier molecular flexibility index (Phi) is 4.36. The van der Waals surface area contributed by atoms with E-state index in [9.17, 15) is 13.2 Å². The van der Waals surface area contributed by atoms with Crippen molar-refractivity contribution in [2.24, 2.45) is 5.73 Å². The molecule has 0 aromatic heterocycles. The molecule has 1 rings (SSSR count). The summed E-state index contributed by atoms with van der Waals surface area (Å²) in [5, 5.41) is 0. The lowest BCUT2D eigenvalue weighted by molar-refractivity contribution is -0.173. The fraction of sp³-hybridized carbons (Fsp3) is 1.00. The van der Waals surface area contributed by atoms with Crippen LogP contribution in [0.5, 0.6) is 0 Å². The fourth-order valence-corrected chi connectivity index (χ4v) is 1.54. The van der Waals surface area contributed by atoms with Gasteiger partial charge in [-0.05, 0) is 12.8 Å². The zero-order valence-corrected chi connectivity index (χ0v) is 8.48. The zero-order valence-electron chi connectivity index (χ0n) is 8.48. The molecule has 1 atom stereocenters. The lowest BCUT2D eigenvalue weighted by Crippen LogP contribution is -2.48. The van der Waals surface area contributed by atoms with Gasteiger partial charge in [0, 0.05) is 13.2 Å². The molecule has 3 nitrogen and oxygen atoms in total. The van der Waals surface area contributed by atoms with Crippen molar-refractivity contribution in [1.29, 1.82) is 0 Å². The third kappa shape index (κ3) is 4.36. The van der Waals surface area contributed by atoms with Gasteiger partial charge in [0.05, 0.1) is 19.6 Å². The van der Waals surface area contributed by atoms with Gasteiger partial charge in [0.2, 0.25) is 0 Å². The third-order valence-electron chi connectivity index (χ3n) is 2.45. The van der Waals surface area contributed by atoms with Crippen LogP contribution >= 0.6 is 0 Å². The molecule has 0 radical (unpaired) electrons. The summed E-state index contributed by atoms with van der Waals surface area (Å²) in [6.45, 7) is 0.778. The number of hydrogen-bond donors (Lipinski definition) is 1. The second kappa shape index (κ2) is 5.14. The van der Waals surface area contributed by atoms with Crippen LogP contribution in [0.2, 0.25) is 0 Å². The first kappa shape index (κ1) is 12.7. The van der Waals surface area contributed by atoms with Gasteiger partial charge in [0.15, 0.2) is 0 Å². The van der Waals surface area contributed by atoms with Crippen LogP contribution in [-0.4, -0.2) is 38.1 Å². The molecule has 2 N–H and O–H groups in total. The Morgan fingerprint density at radius 1 is 1.40 bits per heavy atom. The van der Waals surface area contributed by atoms with E-state index in [1.165, 1.54) is 0 Å². The highest BCUT2D eigenvalue weighted by Crippen LogP contribution is 2.25. The van der Waals surface area contributed by atoms with Crippen molar-refractivity contribution in [1.82, 2.24) is 0 Å². The SMILES string of the molecule is NCC1(OCCC(F)(F)F)CCCOC1. The van der Waals surface area contributed by atoms with E-state index in [1.54, 1.807) is 0 Å². The smallest absolute Gasteiger partial charge is 0.378 e. The Bertz CT molecular complexity index is 190. The first-order valence-electron chi connectivity index (χ1n) is 4.96. The number of alkyl halides is 3. The lowest BCUT2D eigenvalue weighted by atomic mass is 9.96. The molecule has 0 aromatic carbocycles. The molecule has 1 aliphatic rings. The van der Waals surface area contributed by atoms with Crippen LogP contribution in [-0.2, 0) is 9.47 Å². The van der Waals surface area contributed by atoms with Gasteiger partial charge in [-0.1, -0.05) is 0 Å². The third-order valence-corrected chi connectivity index (χ3v) is 2.45. The number of hydrogen-bond acceptors (Lipinski definition) is 3. The highest BCUT2D eigenvalue weighted by molar-refractivity contribution is 4.84. The maximum atomic E-state index is 11.9. The van der Waals surface area contributed by atoms with Crippen LogP contribution in [0.15, 0.2) is 0 Å². The molecule has 1 aliphatic heterocycles. The van der Waals surface area contributed by atoms with Gasteiger partial charge in [-0.15, -0.1) is 0 Å². The van der Waals surface area contributed by atoms with Gasteiger partial charge in [0.25, 0.3) is 0 Å². The minimum Gasteiger partial charge on any atom is -0.378 e. The second-order valence-corrected chi connectivity index (χ2v) is 3.76. The summed E-state index contributed by atoms with van der Waals surface area (Å²) in [5.74, 6) is 0. The lowest BCUT2D eigenvalue weighted by Gasteiger charge is -2.35. The molecule has 90 valence electrons. The van der Waals surface area contributed by atoms with E-state index in [-0.39, 0.29) is 13.2 Å². The van der Waals surface area contributed by atoms with Crippen molar-refractivity contribution in [3.63, 3.8) is 0 Å². The Morgan fingerprint density at radius 2 is 2.13 bits per heavy atom. The van der Waals surface area contributed by atoms with Crippen molar-refractivity contribution in [2.75, 3.05) is 26.4 Å². The van der Waals surface area contributed by atoms with Crippen molar-refractivity contribution in [3.8, 4) is 0 Å². The maximum Gasteiger partial charge on any atom is 0.391 e. The van der Waals surface area contributed by atoms with Crippen molar-refractivity contribution in [2.45, 2.75) is 31.0 Å². The van der Waals surface area contributed by atoms with Crippen molar-refractivity contribution < 1.29 is 22.6 Å². The van der Waals surface area contributed by atoms with Crippen molar-refractivity contribution >= 4 is 0 Å². The van der Waals surface area contributed by atoms with E-state index in [2.05, 4.69) is 0 Å². The van der Waals surface area contributed by atoms with Gasteiger partial charge in [0.1, 0.15) is 5.60 Å². The van der Waals surface area contributed by atoms with Crippen molar-refractivity contribution in [3.05, 3.63) is 0 Å². The summed E-state index contributed by atoms with van der Waals surface area (Å²) < 4.78 is 46.1. The highest BCUT2D eigenvalue weighted by Gasteiger charge is 2.34. The fourth-order valence-electron chi connectivity index (χ4n) is 1.54. The molecule has 1 saturated heterocycles. The largest absolute Gasteiger partial charge is 0.391 e. The number of rotatable bonds is 4. The monoisotopic (exact) mass is 227 g/mol. The molecule has 6 heteroatoms. The molecule has 1 heterocycles. The first-order chi connectivity index (χ1) is 6.97. The summed E-state index contributed by atoms with van der Waals surface area (Å²) in [5.41, 5.74) is 4.80. The molecule has 1 fully saturated rings. The van der Waals surface area contributed by atoms with Crippen LogP contribution in [0.1, 0.15) is 19.3 Å². The molecule has 1 unspecified atom stereocenters. The minimum atomic E-state index is -4.18. The van der Waals surface area contributed by atoms with Gasteiger partial charge in [-0.25, -0.2) is 0 Å². The first-order valence-corrected chi connectivity index (χ1v) is 4.96. The normalized spacial score (nSPS) is 28.0. The standard InChI is InChI=1S/C9H16F3NO2/c10-9(11,12)3-5-15-8(6-13)2-1-4-14-7-8/h1-7,13H2. The molecular formula is C9H16F3NO2. The summed E-state index contributed by atoms with van der Waals surface area (Å²) in [6, 6.07) is 0. The average Bonchev–Trinajstić information content (AvgIpc) is 2.17. The van der Waals surface area contributed by atoms with Crippen LogP contribution in [0.3, 0.4) is 0 Å². The van der Waals surface area contributed by atoms with E-state index in [0.29, 0.717) is 19.6 Å². The molecule has 0 amide bonds. The predicted molar refractivity (Wildman–Crippen MR) is 48.5 cm³/mol. The summed E-state index contributed by atoms with van der Waals surface area (Å²) >= 11 is 0. The minimum absolute atomic E-state index is 0.199. The number of nitrogens with two attached hydrogens (primary N) is 1. The quantitative estimate of drug-likeness (QED) is 0.790. The van der Waals surface area contributed by atoms with Gasteiger partial charge in [-0.3, -0.25) is 0 Å². The van der Waals surface area contributed by atoms with E-state index < -0.39 is 18.2 Å². The second-order valence-electron chi connectivity index (χ2n) is 3.76. The van der Waals surface area contributed by atoms with Crippen LogP contribution in [0.4, 0.5) is 13.2 Å². The zero-order chi connectivity index (χ0) is 11.4. The summed E-state index contributed by atoms with van der Waals surface area (Å²) in [4.78, 5) is 0. The molecular weight excluding hydrogens is 211 g/mol. The molecule has 15 heavy (non-hydrogen) atoms. The maximum absolute atomic E-state index is 11.9. The average molecular weight is 227 g/mol. The molecule has 0 saturated carbocycles. The molecule has 0 bridgehead atoms. The predicted octanol–water partition coefficient (Wildman–Crippen LogP) is 1.46. The van der Waals surface area contributed by atoms with Crippen LogP contribution in [0, 0.1) is 0 Å². The number of ether oxygens (including phenoxy) is 2. The number of halogens is 3. The molecule has 0 aliphatic carbocycles. The Morgan fingerprint density at radius 3 is 2.60 bits per heavy atom. The Balaban J connectivity index is 2.33. The van der Waals surface area contributed by atoms with Crippen LogP contribution < -0.4 is 5.73 Å². The van der Waals surface area contributed by atoms with Gasteiger partial charge < -0.3 is 15.2 Å². The molecule has 0 aromatic rings. The summed E-state index contributed by atoms with van der Waals surface area (Å²) in [6.07, 6.45) is -3.66. The van der Waals surface area contributed by atoms with E-state index >= 15 is 0 Å². The van der Waals surface area contributed by atoms with E-state index in [1.807, 2.05) is 0 Å². The molecule has 0 spiro atoms. The van der Waals surface area contributed by atoms with E-state index in [4.69, 9.17) is 15.2 Å². The van der Waals surface area contributed by atoms with Gasteiger partial charge in [-0.2, -0.15) is 13.2 Å². The highest BCUT2D eigenvalue weighted by atomic mass is 19.4. The Labute approximate surface area is 86.7 Å². The Hall–Kier alpha value is -0.330. The summed E-state index contributed by atoms with van der Waals surface area (Å²) in [7, 11) is 0. The van der Waals surface area contributed by atoms with E-state index in [0.717, 1.165) is 6.42 Å². The van der Waals surface area contributed by atoms with Crippen LogP contribution in [0.25, 0.3) is 0 Å². The van der Waals surface area contributed by atoms with Gasteiger partial charge >= 0.3 is 6.18 Å². The topological polar surface area (TPSA) is 44.5 Å².